The third-order valence-corrected chi connectivity index (χ3v) is 4.21. The summed E-state index contributed by atoms with van der Waals surface area (Å²) < 4.78 is 11.4. The Kier molecular flexibility index (Phi) is 4.95. The molecule has 2 rings (SSSR count). The molecule has 0 aromatic carbocycles. The molecule has 1 heterocycles. The van der Waals surface area contributed by atoms with Gasteiger partial charge in [0, 0.05) is 19.7 Å². The first-order chi connectivity index (χ1) is 9.39. The van der Waals surface area contributed by atoms with Gasteiger partial charge >= 0.3 is 6.09 Å². The lowest BCUT2D eigenvalue weighted by atomic mass is 10.0. The summed E-state index contributed by atoms with van der Waals surface area (Å²) in [6.45, 7) is 10.5. The highest BCUT2D eigenvalue weighted by Gasteiger charge is 2.43. The molecule has 20 heavy (non-hydrogen) atoms. The molecule has 0 radical (unpaired) electrons. The molecule has 1 saturated heterocycles. The lowest BCUT2D eigenvalue weighted by molar-refractivity contribution is 0.0228. The van der Waals surface area contributed by atoms with Crippen LogP contribution in [0.25, 0.3) is 0 Å². The monoisotopic (exact) mass is 283 g/mol. The van der Waals surface area contributed by atoms with Gasteiger partial charge in [-0.3, -0.25) is 0 Å². The first-order valence-corrected chi connectivity index (χ1v) is 7.98. The van der Waals surface area contributed by atoms with Crippen molar-refractivity contribution in [2.75, 3.05) is 19.7 Å². The molecule has 1 aliphatic carbocycles. The van der Waals surface area contributed by atoms with Crippen molar-refractivity contribution in [1.82, 2.24) is 4.90 Å². The minimum absolute atomic E-state index is 0.157. The largest absolute Gasteiger partial charge is 0.444 e. The van der Waals surface area contributed by atoms with Gasteiger partial charge in [-0.2, -0.15) is 0 Å². The summed E-state index contributed by atoms with van der Waals surface area (Å²) in [5.41, 5.74) is -0.402. The fourth-order valence-electron chi connectivity index (χ4n) is 3.25. The van der Waals surface area contributed by atoms with Gasteiger partial charge in [0.05, 0.1) is 6.10 Å². The molecule has 1 amide bonds. The van der Waals surface area contributed by atoms with E-state index in [2.05, 4.69) is 6.92 Å². The van der Waals surface area contributed by atoms with Gasteiger partial charge in [0.1, 0.15) is 5.60 Å². The normalized spacial score (nSPS) is 29.6. The van der Waals surface area contributed by atoms with Crippen LogP contribution >= 0.6 is 0 Å². The van der Waals surface area contributed by atoms with Crippen LogP contribution in [-0.4, -0.2) is 42.4 Å². The van der Waals surface area contributed by atoms with Gasteiger partial charge in [-0.1, -0.05) is 13.3 Å². The second-order valence-electron chi connectivity index (χ2n) is 7.22. The first kappa shape index (κ1) is 15.6. The van der Waals surface area contributed by atoms with Crippen molar-refractivity contribution in [1.29, 1.82) is 0 Å². The minimum atomic E-state index is -0.402. The highest BCUT2D eigenvalue weighted by atomic mass is 16.6. The Bertz CT molecular complexity index is 323. The highest BCUT2D eigenvalue weighted by molar-refractivity contribution is 5.68. The van der Waals surface area contributed by atoms with Crippen LogP contribution in [0.2, 0.25) is 0 Å². The Hall–Kier alpha value is -0.770. The van der Waals surface area contributed by atoms with Crippen molar-refractivity contribution in [3.8, 4) is 0 Å². The van der Waals surface area contributed by atoms with Gasteiger partial charge in [0.2, 0.25) is 0 Å². The van der Waals surface area contributed by atoms with E-state index in [9.17, 15) is 4.79 Å². The van der Waals surface area contributed by atoms with Crippen LogP contribution in [-0.2, 0) is 9.47 Å². The third kappa shape index (κ3) is 4.11. The summed E-state index contributed by atoms with van der Waals surface area (Å²) in [5.74, 6) is 1.21. The molecule has 0 spiro atoms. The number of nitrogens with zero attached hydrogens (tertiary/aromatic N) is 1. The Labute approximate surface area is 122 Å². The molecule has 2 atom stereocenters. The molecule has 2 fully saturated rings. The molecule has 4 heteroatoms. The number of carbonyl (C=O) groups excluding carboxylic acids is 1. The summed E-state index contributed by atoms with van der Waals surface area (Å²) in [6.07, 6.45) is 4.80. The van der Waals surface area contributed by atoms with E-state index in [0.29, 0.717) is 17.9 Å². The summed E-state index contributed by atoms with van der Waals surface area (Å²) >= 11 is 0. The number of ether oxygens (including phenoxy) is 2. The van der Waals surface area contributed by atoms with Crippen molar-refractivity contribution in [3.63, 3.8) is 0 Å². The molecule has 0 aromatic rings. The first-order valence-electron chi connectivity index (χ1n) is 7.98. The fraction of sp³-hybridized carbons (Fsp3) is 0.938. The number of amides is 1. The number of likely N-dealkylation sites (tertiary alicyclic amines) is 1. The van der Waals surface area contributed by atoms with E-state index in [1.54, 1.807) is 0 Å². The van der Waals surface area contributed by atoms with Gasteiger partial charge in [0.25, 0.3) is 0 Å². The second-order valence-corrected chi connectivity index (χ2v) is 7.22. The van der Waals surface area contributed by atoms with Crippen LogP contribution in [0.3, 0.4) is 0 Å². The molecule has 0 N–H and O–H groups in total. The molecule has 4 nitrogen and oxygen atoms in total. The topological polar surface area (TPSA) is 38.8 Å². The van der Waals surface area contributed by atoms with Gasteiger partial charge in [-0.15, -0.1) is 0 Å². The quantitative estimate of drug-likeness (QED) is 0.742. The van der Waals surface area contributed by atoms with Gasteiger partial charge in [0.15, 0.2) is 0 Å². The lowest BCUT2D eigenvalue weighted by Crippen LogP contribution is -2.36. The zero-order chi connectivity index (χ0) is 14.8. The fourth-order valence-corrected chi connectivity index (χ4v) is 3.25. The molecule has 116 valence electrons. The number of rotatable bonds is 4. The van der Waals surface area contributed by atoms with E-state index in [1.165, 1.54) is 6.42 Å². The van der Waals surface area contributed by atoms with E-state index >= 15 is 0 Å². The maximum absolute atomic E-state index is 12.1. The maximum Gasteiger partial charge on any atom is 0.410 e. The third-order valence-electron chi connectivity index (χ3n) is 4.21. The van der Waals surface area contributed by atoms with Gasteiger partial charge < -0.3 is 14.4 Å². The van der Waals surface area contributed by atoms with Crippen LogP contribution in [0.1, 0.15) is 53.4 Å². The number of fused-ring (bicyclic) bond motifs is 1. The highest BCUT2D eigenvalue weighted by Crippen LogP contribution is 2.39. The Morgan fingerprint density at radius 2 is 1.80 bits per heavy atom. The minimum Gasteiger partial charge on any atom is -0.444 e. The SMILES string of the molecule is CCCCOC1CC2CN(C(=O)OC(C)(C)C)CC2C1. The summed E-state index contributed by atoms with van der Waals surface area (Å²) in [6, 6.07) is 0. The van der Waals surface area contributed by atoms with Gasteiger partial charge in [-0.05, 0) is 51.9 Å². The van der Waals surface area contributed by atoms with E-state index in [-0.39, 0.29) is 6.09 Å². The Morgan fingerprint density at radius 3 is 2.30 bits per heavy atom. The molecular formula is C16H29NO3. The molecule has 0 bridgehead atoms. The summed E-state index contributed by atoms with van der Waals surface area (Å²) in [7, 11) is 0. The summed E-state index contributed by atoms with van der Waals surface area (Å²) in [4.78, 5) is 13.9. The predicted molar refractivity (Wildman–Crippen MR) is 78.7 cm³/mol. The van der Waals surface area contributed by atoms with Crippen LogP contribution in [0.15, 0.2) is 0 Å². The number of carbonyl (C=O) groups is 1. The Morgan fingerprint density at radius 1 is 1.20 bits per heavy atom. The maximum atomic E-state index is 12.1. The van der Waals surface area contributed by atoms with E-state index in [0.717, 1.165) is 39.0 Å². The molecule has 2 unspecified atom stereocenters. The van der Waals surface area contributed by atoms with E-state index in [4.69, 9.17) is 9.47 Å². The van der Waals surface area contributed by atoms with Crippen molar-refractivity contribution in [2.24, 2.45) is 11.8 Å². The summed E-state index contributed by atoms with van der Waals surface area (Å²) in [5, 5.41) is 0. The van der Waals surface area contributed by atoms with Crippen LogP contribution in [0.4, 0.5) is 4.79 Å². The van der Waals surface area contributed by atoms with Crippen LogP contribution < -0.4 is 0 Å². The van der Waals surface area contributed by atoms with Crippen LogP contribution in [0.5, 0.6) is 0 Å². The molecular weight excluding hydrogens is 254 g/mol. The number of hydrogen-bond donors (Lipinski definition) is 0. The molecule has 1 saturated carbocycles. The van der Waals surface area contributed by atoms with Crippen molar-refractivity contribution in [2.45, 2.75) is 65.1 Å². The number of unbranched alkanes of at least 4 members (excludes halogenated alkanes) is 1. The Balaban J connectivity index is 1.75. The van der Waals surface area contributed by atoms with Crippen molar-refractivity contribution in [3.05, 3.63) is 0 Å². The lowest BCUT2D eigenvalue weighted by Gasteiger charge is -2.25. The zero-order valence-electron chi connectivity index (χ0n) is 13.4. The van der Waals surface area contributed by atoms with Crippen molar-refractivity contribution < 1.29 is 14.3 Å². The van der Waals surface area contributed by atoms with Gasteiger partial charge in [-0.25, -0.2) is 4.79 Å². The van der Waals surface area contributed by atoms with Crippen LogP contribution in [0, 0.1) is 11.8 Å². The second kappa shape index (κ2) is 6.33. The zero-order valence-corrected chi connectivity index (χ0v) is 13.4. The smallest absolute Gasteiger partial charge is 0.410 e. The molecule has 2 aliphatic rings. The van der Waals surface area contributed by atoms with Crippen molar-refractivity contribution >= 4 is 6.09 Å². The predicted octanol–water partition coefficient (Wildman–Crippen LogP) is 3.45. The molecule has 0 aromatic heterocycles. The average Bonchev–Trinajstić information content (AvgIpc) is 2.84. The molecule has 1 aliphatic heterocycles. The number of hydrogen-bond acceptors (Lipinski definition) is 3. The average molecular weight is 283 g/mol. The van der Waals surface area contributed by atoms with E-state index in [1.807, 2.05) is 25.7 Å². The standard InChI is InChI=1S/C16H29NO3/c1-5-6-7-19-14-8-12-10-17(11-13(12)9-14)15(18)20-16(2,3)4/h12-14H,5-11H2,1-4H3. The van der Waals surface area contributed by atoms with E-state index < -0.39 is 5.60 Å².